The molecule has 0 aliphatic carbocycles. The van der Waals surface area contributed by atoms with Crippen LogP contribution >= 0.6 is 24.0 Å². The average Bonchev–Trinajstić information content (AvgIpc) is 2.47. The number of carbonyl (C=O) groups is 1. The van der Waals surface area contributed by atoms with Crippen molar-refractivity contribution >= 4 is 40.3 Å². The Labute approximate surface area is 91.4 Å². The predicted molar refractivity (Wildman–Crippen MR) is 62.8 cm³/mol. The van der Waals surface area contributed by atoms with Gasteiger partial charge in [0, 0.05) is 0 Å². The molecule has 2 rings (SSSR count). The molecule has 0 atom stereocenters. The van der Waals surface area contributed by atoms with Crippen LogP contribution in [0, 0.1) is 0 Å². The summed E-state index contributed by atoms with van der Waals surface area (Å²) >= 11 is 6.18. The van der Waals surface area contributed by atoms with Crippen molar-refractivity contribution in [2.75, 3.05) is 0 Å². The molecular formula is C10H7NOS2. The van der Waals surface area contributed by atoms with E-state index in [1.54, 1.807) is 0 Å². The molecule has 0 unspecified atom stereocenters. The van der Waals surface area contributed by atoms with E-state index in [2.05, 4.69) is 5.32 Å². The van der Waals surface area contributed by atoms with Crippen LogP contribution in [-0.4, -0.2) is 10.2 Å². The first-order chi connectivity index (χ1) is 6.75. The van der Waals surface area contributed by atoms with Crippen LogP contribution in [-0.2, 0) is 4.79 Å². The Balaban J connectivity index is 2.28. The highest BCUT2D eigenvalue weighted by atomic mass is 32.2. The van der Waals surface area contributed by atoms with E-state index in [0.717, 1.165) is 5.56 Å². The minimum Gasteiger partial charge on any atom is -0.307 e. The maximum Gasteiger partial charge on any atom is 0.263 e. The van der Waals surface area contributed by atoms with Crippen molar-refractivity contribution in [1.29, 1.82) is 0 Å². The van der Waals surface area contributed by atoms with Crippen molar-refractivity contribution in [3.05, 3.63) is 40.8 Å². The van der Waals surface area contributed by atoms with Gasteiger partial charge in [-0.05, 0) is 11.6 Å². The Morgan fingerprint density at radius 1 is 1.29 bits per heavy atom. The first kappa shape index (κ1) is 9.43. The van der Waals surface area contributed by atoms with Crippen LogP contribution < -0.4 is 5.32 Å². The van der Waals surface area contributed by atoms with E-state index in [4.69, 9.17) is 12.2 Å². The molecule has 1 aromatic rings. The van der Waals surface area contributed by atoms with Crippen molar-refractivity contribution < 1.29 is 4.79 Å². The molecule has 1 fully saturated rings. The molecule has 0 aromatic heterocycles. The summed E-state index contributed by atoms with van der Waals surface area (Å²) in [5.41, 5.74) is 1.01. The summed E-state index contributed by atoms with van der Waals surface area (Å²) in [6, 6.07) is 9.70. The van der Waals surface area contributed by atoms with Crippen molar-refractivity contribution in [2.45, 2.75) is 0 Å². The summed E-state index contributed by atoms with van der Waals surface area (Å²) in [5.74, 6) is -0.108. The number of hydrogen-bond donors (Lipinski definition) is 1. The monoisotopic (exact) mass is 221 g/mol. The summed E-state index contributed by atoms with van der Waals surface area (Å²) in [7, 11) is 0. The minimum atomic E-state index is -0.108. The van der Waals surface area contributed by atoms with Crippen LogP contribution in [0.15, 0.2) is 35.2 Å². The molecule has 1 aliphatic heterocycles. The molecule has 1 aliphatic rings. The molecule has 0 radical (unpaired) electrons. The van der Waals surface area contributed by atoms with E-state index in [1.165, 1.54) is 11.8 Å². The van der Waals surface area contributed by atoms with Crippen LogP contribution in [0.25, 0.3) is 6.08 Å². The fourth-order valence-electron chi connectivity index (χ4n) is 1.12. The Morgan fingerprint density at radius 2 is 2.00 bits per heavy atom. The average molecular weight is 221 g/mol. The summed E-state index contributed by atoms with van der Waals surface area (Å²) in [6.45, 7) is 0. The fraction of sp³-hybridized carbons (Fsp3) is 0. The second kappa shape index (κ2) is 3.94. The number of carbonyl (C=O) groups excluding carboxylic acids is 1. The lowest BCUT2D eigenvalue weighted by Gasteiger charge is -1.92. The summed E-state index contributed by atoms with van der Waals surface area (Å²) in [6.07, 6.45) is 1.83. The number of hydrogen-bond acceptors (Lipinski definition) is 3. The van der Waals surface area contributed by atoms with E-state index in [9.17, 15) is 4.79 Å². The molecule has 14 heavy (non-hydrogen) atoms. The van der Waals surface area contributed by atoms with Crippen LogP contribution in [0.1, 0.15) is 5.56 Å². The lowest BCUT2D eigenvalue weighted by Crippen LogP contribution is -2.17. The Kier molecular flexibility index (Phi) is 2.65. The van der Waals surface area contributed by atoms with Gasteiger partial charge in [-0.3, -0.25) is 4.79 Å². The van der Waals surface area contributed by atoms with E-state index < -0.39 is 0 Å². The SMILES string of the molecule is O=C1NC(=S)S/C1=C\c1ccccc1. The highest BCUT2D eigenvalue weighted by Gasteiger charge is 2.21. The molecule has 2 nitrogen and oxygen atoms in total. The number of rotatable bonds is 1. The lowest BCUT2D eigenvalue weighted by atomic mass is 10.2. The zero-order chi connectivity index (χ0) is 9.97. The standard InChI is InChI=1S/C10H7NOS2/c12-9-8(14-10(13)11-9)6-7-4-2-1-3-5-7/h1-6H,(H,11,12,13)/b8-6-. The second-order valence-electron chi connectivity index (χ2n) is 2.76. The third-order valence-electron chi connectivity index (χ3n) is 1.74. The van der Waals surface area contributed by atoms with Crippen LogP contribution in [0.2, 0.25) is 0 Å². The molecule has 1 heterocycles. The largest absolute Gasteiger partial charge is 0.307 e. The van der Waals surface area contributed by atoms with Gasteiger partial charge in [-0.1, -0.05) is 54.3 Å². The normalized spacial score (nSPS) is 18.7. The van der Waals surface area contributed by atoms with Crippen LogP contribution in [0.5, 0.6) is 0 Å². The van der Waals surface area contributed by atoms with Crippen molar-refractivity contribution in [3.8, 4) is 0 Å². The zero-order valence-corrected chi connectivity index (χ0v) is 8.82. The van der Waals surface area contributed by atoms with Gasteiger partial charge in [0.15, 0.2) is 0 Å². The van der Waals surface area contributed by atoms with E-state index in [1.807, 2.05) is 36.4 Å². The summed E-state index contributed by atoms with van der Waals surface area (Å²) < 4.78 is 0.525. The fourth-order valence-corrected chi connectivity index (χ4v) is 2.17. The summed E-state index contributed by atoms with van der Waals surface area (Å²) in [4.78, 5) is 12.0. The molecule has 0 bridgehead atoms. The van der Waals surface area contributed by atoms with Crippen molar-refractivity contribution in [3.63, 3.8) is 0 Å². The molecule has 1 saturated heterocycles. The zero-order valence-electron chi connectivity index (χ0n) is 7.19. The van der Waals surface area contributed by atoms with E-state index in [0.29, 0.717) is 9.23 Å². The Hall–Kier alpha value is -1.13. The quantitative estimate of drug-likeness (QED) is 0.582. The molecule has 1 amide bonds. The van der Waals surface area contributed by atoms with Gasteiger partial charge in [-0.25, -0.2) is 0 Å². The molecule has 70 valence electrons. The van der Waals surface area contributed by atoms with Gasteiger partial charge in [-0.2, -0.15) is 0 Å². The maximum absolute atomic E-state index is 11.3. The number of thioether (sulfide) groups is 1. The van der Waals surface area contributed by atoms with Crippen molar-refractivity contribution in [1.82, 2.24) is 5.32 Å². The number of nitrogens with one attached hydrogen (secondary N) is 1. The van der Waals surface area contributed by atoms with Gasteiger partial charge in [-0.15, -0.1) is 0 Å². The van der Waals surface area contributed by atoms with Gasteiger partial charge < -0.3 is 5.32 Å². The third kappa shape index (κ3) is 2.02. The van der Waals surface area contributed by atoms with Gasteiger partial charge in [0.05, 0.1) is 4.91 Å². The van der Waals surface area contributed by atoms with Crippen LogP contribution in [0.3, 0.4) is 0 Å². The van der Waals surface area contributed by atoms with Gasteiger partial charge in [0.25, 0.3) is 5.91 Å². The molecule has 0 spiro atoms. The molecule has 1 N–H and O–H groups in total. The summed E-state index contributed by atoms with van der Waals surface area (Å²) in [5, 5.41) is 2.57. The number of thiocarbonyl (C=S) groups is 1. The van der Waals surface area contributed by atoms with Crippen LogP contribution in [0.4, 0.5) is 0 Å². The smallest absolute Gasteiger partial charge is 0.263 e. The van der Waals surface area contributed by atoms with Gasteiger partial charge in [0.1, 0.15) is 4.32 Å². The Morgan fingerprint density at radius 3 is 2.57 bits per heavy atom. The second-order valence-corrected chi connectivity index (χ2v) is 4.48. The Bertz CT molecular complexity index is 411. The molecule has 0 saturated carbocycles. The van der Waals surface area contributed by atoms with E-state index in [-0.39, 0.29) is 5.91 Å². The molecule has 1 aromatic carbocycles. The predicted octanol–water partition coefficient (Wildman–Crippen LogP) is 2.18. The third-order valence-corrected chi connectivity index (χ3v) is 2.90. The molecule has 4 heteroatoms. The topological polar surface area (TPSA) is 29.1 Å². The molecular weight excluding hydrogens is 214 g/mol. The van der Waals surface area contributed by atoms with E-state index >= 15 is 0 Å². The van der Waals surface area contributed by atoms with Gasteiger partial charge in [0.2, 0.25) is 0 Å². The van der Waals surface area contributed by atoms with Gasteiger partial charge >= 0.3 is 0 Å². The maximum atomic E-state index is 11.3. The highest BCUT2D eigenvalue weighted by molar-refractivity contribution is 8.26. The first-order valence-corrected chi connectivity index (χ1v) is 5.28. The lowest BCUT2D eigenvalue weighted by molar-refractivity contribution is -0.115. The minimum absolute atomic E-state index is 0.108. The number of benzene rings is 1. The van der Waals surface area contributed by atoms with Crippen molar-refractivity contribution in [2.24, 2.45) is 0 Å². The first-order valence-electron chi connectivity index (χ1n) is 4.05. The number of amides is 1. The highest BCUT2D eigenvalue weighted by Crippen LogP contribution is 2.25.